The Morgan fingerprint density at radius 1 is 1.58 bits per heavy atom. The fourth-order valence-corrected chi connectivity index (χ4v) is 2.45. The summed E-state index contributed by atoms with van der Waals surface area (Å²) in [7, 11) is 0. The Hall–Kier alpha value is -1.63. The highest BCUT2D eigenvalue weighted by Crippen LogP contribution is 2.31. The van der Waals surface area contributed by atoms with E-state index < -0.39 is 0 Å². The predicted octanol–water partition coefficient (Wildman–Crippen LogP) is 1.69. The van der Waals surface area contributed by atoms with Crippen molar-refractivity contribution in [3.63, 3.8) is 0 Å². The maximum Gasteiger partial charge on any atom is 0.333 e. The highest BCUT2D eigenvalue weighted by atomic mass is 16.6. The van der Waals surface area contributed by atoms with Gasteiger partial charge in [-0.15, -0.1) is 0 Å². The predicted molar refractivity (Wildman–Crippen MR) is 71.1 cm³/mol. The van der Waals surface area contributed by atoms with Gasteiger partial charge < -0.3 is 10.4 Å². The molecule has 0 atom stereocenters. The second-order valence-electron chi connectivity index (χ2n) is 5.14. The van der Waals surface area contributed by atoms with Crippen molar-refractivity contribution in [3.05, 3.63) is 15.8 Å². The van der Waals surface area contributed by atoms with Crippen molar-refractivity contribution in [3.8, 4) is 0 Å². The van der Waals surface area contributed by atoms with Gasteiger partial charge in [0.1, 0.15) is 5.69 Å². The summed E-state index contributed by atoms with van der Waals surface area (Å²) in [4.78, 5) is 10.7. The molecule has 0 amide bonds. The van der Waals surface area contributed by atoms with Crippen molar-refractivity contribution >= 4 is 11.5 Å². The minimum atomic E-state index is -0.382. The Balaban J connectivity index is 2.13. The van der Waals surface area contributed by atoms with Crippen LogP contribution in [-0.2, 0) is 6.54 Å². The number of anilines is 1. The molecule has 7 nitrogen and oxygen atoms in total. The van der Waals surface area contributed by atoms with Gasteiger partial charge in [-0.05, 0) is 32.1 Å². The van der Waals surface area contributed by atoms with Gasteiger partial charge in [0.05, 0.1) is 11.0 Å². The first-order chi connectivity index (χ1) is 9.02. The first-order valence-electron chi connectivity index (χ1n) is 6.66. The lowest BCUT2D eigenvalue weighted by molar-refractivity contribution is -0.384. The van der Waals surface area contributed by atoms with Crippen LogP contribution in [0.15, 0.2) is 0 Å². The van der Waals surface area contributed by atoms with E-state index in [0.717, 1.165) is 19.3 Å². The maximum absolute atomic E-state index is 11.1. The zero-order chi connectivity index (χ0) is 14.0. The van der Waals surface area contributed by atoms with E-state index in [0.29, 0.717) is 30.5 Å². The highest BCUT2D eigenvalue weighted by Gasteiger charge is 2.29. The number of nitrogens with zero attached hydrogens (tertiary/aromatic N) is 3. The van der Waals surface area contributed by atoms with Gasteiger partial charge in [-0.3, -0.25) is 10.1 Å². The van der Waals surface area contributed by atoms with E-state index in [1.807, 2.05) is 6.92 Å². The zero-order valence-electron chi connectivity index (χ0n) is 11.3. The molecule has 1 aliphatic rings. The third-order valence-electron chi connectivity index (χ3n) is 3.48. The molecular formula is C12H20N4O3. The zero-order valence-corrected chi connectivity index (χ0v) is 11.3. The molecule has 0 aliphatic heterocycles. The van der Waals surface area contributed by atoms with Crippen molar-refractivity contribution < 1.29 is 10.0 Å². The smallest absolute Gasteiger partial charge is 0.333 e. The van der Waals surface area contributed by atoms with Gasteiger partial charge in [0.15, 0.2) is 0 Å². The Kier molecular flexibility index (Phi) is 4.04. The molecule has 0 unspecified atom stereocenters. The number of hydrogen-bond acceptors (Lipinski definition) is 5. The second-order valence-corrected chi connectivity index (χ2v) is 5.14. The van der Waals surface area contributed by atoms with Gasteiger partial charge in [0.25, 0.3) is 0 Å². The first-order valence-corrected chi connectivity index (χ1v) is 6.66. The van der Waals surface area contributed by atoms with Crippen LogP contribution in [0.2, 0.25) is 0 Å². The molecule has 19 heavy (non-hydrogen) atoms. The number of rotatable bonds is 6. The summed E-state index contributed by atoms with van der Waals surface area (Å²) in [5.74, 6) is 0.880. The lowest BCUT2D eigenvalue weighted by Crippen LogP contribution is -2.33. The standard InChI is InChI=1S/C12H20N4O3/c1-3-4-15-12(11(16(18)19)8(2)14-15)13-7-9-5-10(17)6-9/h9-10,13,17H,3-7H2,1-2H3. The van der Waals surface area contributed by atoms with Crippen LogP contribution in [0.5, 0.6) is 0 Å². The van der Waals surface area contributed by atoms with Crippen molar-refractivity contribution in [2.75, 3.05) is 11.9 Å². The van der Waals surface area contributed by atoms with Crippen molar-refractivity contribution in [1.82, 2.24) is 9.78 Å². The van der Waals surface area contributed by atoms with Crippen LogP contribution in [0, 0.1) is 23.0 Å². The molecule has 0 bridgehead atoms. The van der Waals surface area contributed by atoms with E-state index in [2.05, 4.69) is 10.4 Å². The fourth-order valence-electron chi connectivity index (χ4n) is 2.45. The quantitative estimate of drug-likeness (QED) is 0.605. The summed E-state index contributed by atoms with van der Waals surface area (Å²) in [5, 5.41) is 27.7. The van der Waals surface area contributed by atoms with Crippen LogP contribution in [-0.4, -0.2) is 32.5 Å². The third-order valence-corrected chi connectivity index (χ3v) is 3.48. The Morgan fingerprint density at radius 3 is 2.79 bits per heavy atom. The lowest BCUT2D eigenvalue weighted by Gasteiger charge is -2.31. The Morgan fingerprint density at radius 2 is 2.26 bits per heavy atom. The van der Waals surface area contributed by atoms with Gasteiger partial charge in [0, 0.05) is 13.1 Å². The van der Waals surface area contributed by atoms with Gasteiger partial charge in [-0.25, -0.2) is 4.68 Å². The van der Waals surface area contributed by atoms with Crippen LogP contribution < -0.4 is 5.32 Å². The molecule has 2 rings (SSSR count). The topological polar surface area (TPSA) is 93.2 Å². The molecule has 1 aliphatic carbocycles. The molecule has 2 N–H and O–H groups in total. The Labute approximate surface area is 111 Å². The van der Waals surface area contributed by atoms with E-state index in [-0.39, 0.29) is 16.7 Å². The maximum atomic E-state index is 11.1. The summed E-state index contributed by atoms with van der Waals surface area (Å²) in [6.45, 7) is 4.97. The fraction of sp³-hybridized carbons (Fsp3) is 0.750. The largest absolute Gasteiger partial charge is 0.393 e. The number of hydrogen-bond donors (Lipinski definition) is 2. The molecule has 0 radical (unpaired) electrons. The average molecular weight is 268 g/mol. The molecule has 7 heteroatoms. The molecule has 1 aromatic heterocycles. The first kappa shape index (κ1) is 13.8. The van der Waals surface area contributed by atoms with E-state index in [9.17, 15) is 15.2 Å². The van der Waals surface area contributed by atoms with Crippen LogP contribution in [0.25, 0.3) is 0 Å². The highest BCUT2D eigenvalue weighted by molar-refractivity contribution is 5.59. The van der Waals surface area contributed by atoms with E-state index in [1.54, 1.807) is 11.6 Å². The van der Waals surface area contributed by atoms with Crippen LogP contribution in [0.3, 0.4) is 0 Å². The SMILES string of the molecule is CCCn1nc(C)c([N+](=O)[O-])c1NCC1CC(O)C1. The van der Waals surface area contributed by atoms with Gasteiger partial charge >= 0.3 is 5.69 Å². The van der Waals surface area contributed by atoms with Crippen molar-refractivity contribution in [2.45, 2.75) is 45.8 Å². The molecule has 0 aromatic carbocycles. The summed E-state index contributed by atoms with van der Waals surface area (Å²) in [6.07, 6.45) is 2.20. The minimum Gasteiger partial charge on any atom is -0.393 e. The third kappa shape index (κ3) is 2.86. The molecule has 1 saturated carbocycles. The van der Waals surface area contributed by atoms with Crippen molar-refractivity contribution in [2.24, 2.45) is 5.92 Å². The number of aryl methyl sites for hydroxylation is 2. The van der Waals surface area contributed by atoms with E-state index >= 15 is 0 Å². The summed E-state index contributed by atoms with van der Waals surface area (Å²) in [6, 6.07) is 0. The summed E-state index contributed by atoms with van der Waals surface area (Å²) in [5.41, 5.74) is 0.503. The molecule has 1 fully saturated rings. The van der Waals surface area contributed by atoms with Gasteiger partial charge in [0.2, 0.25) is 5.82 Å². The lowest BCUT2D eigenvalue weighted by atomic mass is 9.82. The summed E-state index contributed by atoms with van der Waals surface area (Å²) >= 11 is 0. The average Bonchev–Trinajstić information content (AvgIpc) is 2.60. The minimum absolute atomic E-state index is 0.0633. The normalized spacial score (nSPS) is 22.1. The molecule has 106 valence electrons. The van der Waals surface area contributed by atoms with Crippen LogP contribution in [0.4, 0.5) is 11.5 Å². The van der Waals surface area contributed by atoms with Crippen LogP contribution in [0.1, 0.15) is 31.9 Å². The van der Waals surface area contributed by atoms with E-state index in [4.69, 9.17) is 0 Å². The van der Waals surface area contributed by atoms with Crippen molar-refractivity contribution in [1.29, 1.82) is 0 Å². The summed E-state index contributed by atoms with van der Waals surface area (Å²) < 4.78 is 1.67. The molecule has 1 heterocycles. The number of aromatic nitrogens is 2. The number of aliphatic hydroxyl groups is 1. The van der Waals surface area contributed by atoms with Gasteiger partial charge in [-0.1, -0.05) is 6.92 Å². The molecule has 0 saturated heterocycles. The van der Waals surface area contributed by atoms with Gasteiger partial charge in [-0.2, -0.15) is 5.10 Å². The number of aliphatic hydroxyl groups excluding tert-OH is 1. The molecule has 0 spiro atoms. The van der Waals surface area contributed by atoms with Crippen LogP contribution >= 0.6 is 0 Å². The monoisotopic (exact) mass is 268 g/mol. The second kappa shape index (κ2) is 5.56. The number of nitro groups is 1. The molecular weight excluding hydrogens is 248 g/mol. The molecule has 1 aromatic rings. The Bertz CT molecular complexity index is 466. The number of nitrogens with one attached hydrogen (secondary N) is 1. The van der Waals surface area contributed by atoms with E-state index in [1.165, 1.54) is 0 Å².